The summed E-state index contributed by atoms with van der Waals surface area (Å²) in [6.07, 6.45) is 0. The Morgan fingerprint density at radius 1 is 0.900 bits per heavy atom. The van der Waals surface area contributed by atoms with Crippen molar-refractivity contribution in [3.8, 4) is 11.5 Å². The van der Waals surface area contributed by atoms with E-state index >= 15 is 0 Å². The first-order chi connectivity index (χ1) is 14.7. The van der Waals surface area contributed by atoms with E-state index in [0.29, 0.717) is 0 Å². The molecule has 2 aromatic heterocycles. The Kier molecular flexibility index (Phi) is 4.83. The lowest BCUT2D eigenvalue weighted by atomic mass is 10.1. The Morgan fingerprint density at radius 3 is 2.47 bits per heavy atom. The summed E-state index contributed by atoms with van der Waals surface area (Å²) in [5.41, 5.74) is 3.17. The zero-order valence-electron chi connectivity index (χ0n) is 17.4. The Labute approximate surface area is 179 Å². The molecule has 1 saturated heterocycles. The molecule has 0 aliphatic carbocycles. The Hall–Kier alpha value is -3.06. The molecule has 3 heterocycles. The third-order valence-electron chi connectivity index (χ3n) is 5.67. The third kappa shape index (κ3) is 3.29. The molecule has 6 nitrogen and oxygen atoms in total. The zero-order chi connectivity index (χ0) is 20.7. The molecule has 0 amide bonds. The number of benzene rings is 2. The van der Waals surface area contributed by atoms with Gasteiger partial charge in [-0.3, -0.25) is 0 Å². The van der Waals surface area contributed by atoms with Crippen molar-refractivity contribution in [2.24, 2.45) is 0 Å². The molecular weight excluding hydrogens is 396 g/mol. The molecule has 7 heteroatoms. The van der Waals surface area contributed by atoms with Crippen molar-refractivity contribution in [2.45, 2.75) is 6.92 Å². The van der Waals surface area contributed by atoms with Gasteiger partial charge in [-0.05, 0) is 42.8 Å². The number of para-hydroxylation sites is 1. The van der Waals surface area contributed by atoms with Crippen LogP contribution in [0.15, 0.2) is 42.5 Å². The maximum Gasteiger partial charge on any atom is 0.186 e. The standard InChI is InChI=1S/C23H24N4O2S/c1-15-13-21(25-22-17(15)5-4-6-19(22)29-3)26-9-11-27(12-10-26)23-24-18-8-7-16(28-2)14-20(18)30-23/h4-8,13-14H,9-12H2,1-3H3. The van der Waals surface area contributed by atoms with E-state index < -0.39 is 0 Å². The number of hydrogen-bond donors (Lipinski definition) is 0. The van der Waals surface area contributed by atoms with Crippen molar-refractivity contribution in [1.82, 2.24) is 9.97 Å². The second-order valence-corrected chi connectivity index (χ2v) is 8.47. The molecular formula is C23H24N4O2S. The van der Waals surface area contributed by atoms with Gasteiger partial charge in [0.1, 0.15) is 22.8 Å². The minimum atomic E-state index is 0.820. The normalized spacial score (nSPS) is 14.5. The summed E-state index contributed by atoms with van der Waals surface area (Å²) >= 11 is 1.72. The predicted molar refractivity (Wildman–Crippen MR) is 124 cm³/mol. The van der Waals surface area contributed by atoms with Crippen LogP contribution in [-0.4, -0.2) is 50.4 Å². The van der Waals surface area contributed by atoms with Gasteiger partial charge in [-0.1, -0.05) is 23.5 Å². The molecule has 1 aliphatic rings. The number of thiazole rings is 1. The Morgan fingerprint density at radius 2 is 1.70 bits per heavy atom. The topological polar surface area (TPSA) is 50.7 Å². The lowest BCUT2D eigenvalue weighted by Crippen LogP contribution is -2.46. The first-order valence-electron chi connectivity index (χ1n) is 10.0. The van der Waals surface area contributed by atoms with Gasteiger partial charge in [0, 0.05) is 31.6 Å². The second-order valence-electron chi connectivity index (χ2n) is 7.46. The molecule has 0 bridgehead atoms. The van der Waals surface area contributed by atoms with Gasteiger partial charge in [0.2, 0.25) is 0 Å². The van der Waals surface area contributed by atoms with E-state index in [1.807, 2.05) is 24.3 Å². The molecule has 0 saturated carbocycles. The highest BCUT2D eigenvalue weighted by atomic mass is 32.1. The number of rotatable bonds is 4. The van der Waals surface area contributed by atoms with Crippen molar-refractivity contribution >= 4 is 43.4 Å². The maximum atomic E-state index is 5.54. The summed E-state index contributed by atoms with van der Waals surface area (Å²) < 4.78 is 12.0. The van der Waals surface area contributed by atoms with Crippen LogP contribution in [0.4, 0.5) is 10.9 Å². The fraction of sp³-hybridized carbons (Fsp3) is 0.304. The molecule has 1 aliphatic heterocycles. The van der Waals surface area contributed by atoms with Gasteiger partial charge < -0.3 is 19.3 Å². The number of hydrogen-bond acceptors (Lipinski definition) is 7. The fourth-order valence-electron chi connectivity index (χ4n) is 3.98. The number of aryl methyl sites for hydroxylation is 1. The quantitative estimate of drug-likeness (QED) is 0.485. The van der Waals surface area contributed by atoms with Crippen molar-refractivity contribution in [1.29, 1.82) is 0 Å². The van der Waals surface area contributed by atoms with Gasteiger partial charge in [0.05, 0.1) is 24.4 Å². The highest BCUT2D eigenvalue weighted by Crippen LogP contribution is 2.33. The molecule has 154 valence electrons. The van der Waals surface area contributed by atoms with Gasteiger partial charge in [0.25, 0.3) is 0 Å². The van der Waals surface area contributed by atoms with Crippen LogP contribution in [0, 0.1) is 6.92 Å². The van der Waals surface area contributed by atoms with E-state index in [9.17, 15) is 0 Å². The molecule has 1 fully saturated rings. The zero-order valence-corrected chi connectivity index (χ0v) is 18.2. The fourth-order valence-corrected chi connectivity index (χ4v) is 5.03. The van der Waals surface area contributed by atoms with E-state index in [0.717, 1.165) is 69.7 Å². The van der Waals surface area contributed by atoms with Gasteiger partial charge in [-0.25, -0.2) is 9.97 Å². The minimum absolute atomic E-state index is 0.820. The lowest BCUT2D eigenvalue weighted by Gasteiger charge is -2.35. The van der Waals surface area contributed by atoms with E-state index in [1.165, 1.54) is 5.56 Å². The first-order valence-corrected chi connectivity index (χ1v) is 10.9. The van der Waals surface area contributed by atoms with Crippen LogP contribution in [0.1, 0.15) is 5.56 Å². The minimum Gasteiger partial charge on any atom is -0.497 e. The van der Waals surface area contributed by atoms with Gasteiger partial charge >= 0.3 is 0 Å². The first kappa shape index (κ1) is 18.9. The number of fused-ring (bicyclic) bond motifs is 2. The highest BCUT2D eigenvalue weighted by molar-refractivity contribution is 7.22. The second kappa shape index (κ2) is 7.65. The van der Waals surface area contributed by atoms with Crippen LogP contribution >= 0.6 is 11.3 Å². The van der Waals surface area contributed by atoms with E-state index in [-0.39, 0.29) is 0 Å². The average Bonchev–Trinajstić information content (AvgIpc) is 3.22. The number of nitrogens with zero attached hydrogens (tertiary/aromatic N) is 4. The van der Waals surface area contributed by atoms with Crippen LogP contribution in [0.3, 0.4) is 0 Å². The molecule has 4 aromatic rings. The molecule has 0 spiro atoms. The molecule has 0 radical (unpaired) electrons. The van der Waals surface area contributed by atoms with Gasteiger partial charge in [-0.2, -0.15) is 0 Å². The largest absolute Gasteiger partial charge is 0.497 e. The average molecular weight is 421 g/mol. The molecule has 30 heavy (non-hydrogen) atoms. The van der Waals surface area contributed by atoms with Crippen molar-refractivity contribution in [3.05, 3.63) is 48.0 Å². The number of pyridine rings is 1. The van der Waals surface area contributed by atoms with E-state index in [4.69, 9.17) is 19.4 Å². The van der Waals surface area contributed by atoms with Gasteiger partial charge in [-0.15, -0.1) is 0 Å². The smallest absolute Gasteiger partial charge is 0.186 e. The summed E-state index contributed by atoms with van der Waals surface area (Å²) in [4.78, 5) is 14.5. The molecule has 0 N–H and O–H groups in total. The van der Waals surface area contributed by atoms with Crippen molar-refractivity contribution < 1.29 is 9.47 Å². The summed E-state index contributed by atoms with van der Waals surface area (Å²) in [6.45, 7) is 5.79. The van der Waals surface area contributed by atoms with Crippen LogP contribution in [-0.2, 0) is 0 Å². The number of ether oxygens (including phenoxy) is 2. The van der Waals surface area contributed by atoms with Crippen LogP contribution in [0.2, 0.25) is 0 Å². The predicted octanol–water partition coefficient (Wildman–Crippen LogP) is 4.50. The van der Waals surface area contributed by atoms with Crippen LogP contribution in [0.5, 0.6) is 11.5 Å². The number of piperazine rings is 1. The van der Waals surface area contributed by atoms with Crippen LogP contribution < -0.4 is 19.3 Å². The molecule has 5 rings (SSSR count). The van der Waals surface area contributed by atoms with Crippen molar-refractivity contribution in [3.63, 3.8) is 0 Å². The van der Waals surface area contributed by atoms with E-state index in [2.05, 4.69) is 34.9 Å². The maximum absolute atomic E-state index is 5.54. The van der Waals surface area contributed by atoms with Crippen LogP contribution in [0.25, 0.3) is 21.1 Å². The molecule has 2 aromatic carbocycles. The summed E-state index contributed by atoms with van der Waals surface area (Å²) in [6, 6.07) is 14.3. The SMILES string of the molecule is COc1ccc2nc(N3CCN(c4cc(C)c5cccc(OC)c5n4)CC3)sc2c1. The number of methoxy groups -OCH3 is 2. The summed E-state index contributed by atoms with van der Waals surface area (Å²) in [7, 11) is 3.39. The number of aromatic nitrogens is 2. The number of anilines is 2. The molecule has 0 unspecified atom stereocenters. The third-order valence-corrected chi connectivity index (χ3v) is 6.75. The Bertz CT molecular complexity index is 1210. The van der Waals surface area contributed by atoms with Gasteiger partial charge in [0.15, 0.2) is 5.13 Å². The van der Waals surface area contributed by atoms with Crippen molar-refractivity contribution in [2.75, 3.05) is 50.2 Å². The highest BCUT2D eigenvalue weighted by Gasteiger charge is 2.22. The lowest BCUT2D eigenvalue weighted by molar-refractivity contribution is 0.415. The summed E-state index contributed by atoms with van der Waals surface area (Å²) in [5, 5.41) is 2.21. The Balaban J connectivity index is 1.37. The monoisotopic (exact) mass is 420 g/mol. The summed E-state index contributed by atoms with van der Waals surface area (Å²) in [5.74, 6) is 2.70. The van der Waals surface area contributed by atoms with E-state index in [1.54, 1.807) is 25.6 Å². The molecule has 0 atom stereocenters.